The van der Waals surface area contributed by atoms with E-state index in [4.69, 9.17) is 0 Å². The van der Waals surface area contributed by atoms with Crippen molar-refractivity contribution >= 4 is 39.9 Å². The first kappa shape index (κ1) is 19.9. The molecule has 4 heterocycles. The van der Waals surface area contributed by atoms with Crippen molar-refractivity contribution in [1.82, 2.24) is 4.90 Å². The number of anilines is 2. The summed E-state index contributed by atoms with van der Waals surface area (Å²) >= 11 is 0. The van der Waals surface area contributed by atoms with E-state index in [0.29, 0.717) is 12.2 Å². The lowest BCUT2D eigenvalue weighted by atomic mass is 9.75. The van der Waals surface area contributed by atoms with Crippen LogP contribution in [0.4, 0.5) is 11.4 Å². The van der Waals surface area contributed by atoms with E-state index in [1.807, 2.05) is 73.7 Å². The Balaban J connectivity index is 1.42. The quantitative estimate of drug-likeness (QED) is 0.558. The molecule has 6 heteroatoms. The molecule has 3 aromatic carbocycles. The van der Waals surface area contributed by atoms with Crippen molar-refractivity contribution in [3.63, 3.8) is 0 Å². The van der Waals surface area contributed by atoms with Crippen LogP contribution in [-0.2, 0) is 19.9 Å². The van der Waals surface area contributed by atoms with Gasteiger partial charge in [0.25, 0.3) is 5.91 Å². The Bertz CT molecular complexity index is 1400. The maximum absolute atomic E-state index is 14.2. The molecule has 4 atom stereocenters. The normalized spacial score (nSPS) is 30.0. The number of nitrogens with zero attached hydrogens (tertiary/aromatic N) is 3. The van der Waals surface area contributed by atoms with Crippen LogP contribution in [0.3, 0.4) is 0 Å². The van der Waals surface area contributed by atoms with Gasteiger partial charge in [0.15, 0.2) is 0 Å². The topological polar surface area (TPSA) is 60.9 Å². The second-order valence-corrected chi connectivity index (χ2v) is 9.78. The highest BCUT2D eigenvalue weighted by atomic mass is 16.2. The van der Waals surface area contributed by atoms with E-state index in [2.05, 4.69) is 4.90 Å². The van der Waals surface area contributed by atoms with Gasteiger partial charge in [-0.05, 0) is 55.3 Å². The minimum absolute atomic E-state index is 0.0582. The van der Waals surface area contributed by atoms with Crippen LogP contribution in [0, 0.1) is 11.8 Å². The molecule has 0 aromatic heterocycles. The number of carbonyl (C=O) groups excluding carboxylic acids is 3. The fourth-order valence-corrected chi connectivity index (χ4v) is 7.22. The maximum Gasteiger partial charge on any atom is 0.253 e. The summed E-state index contributed by atoms with van der Waals surface area (Å²) in [6.45, 7) is 3.22. The molecule has 3 saturated heterocycles. The fraction of sp³-hybridized carbons (Fsp3) is 0.321. The molecule has 0 N–H and O–H groups in total. The fourth-order valence-electron chi connectivity index (χ4n) is 7.22. The Kier molecular flexibility index (Phi) is 3.96. The van der Waals surface area contributed by atoms with Gasteiger partial charge in [0.05, 0.1) is 17.5 Å². The van der Waals surface area contributed by atoms with Crippen LogP contribution in [0.1, 0.15) is 25.3 Å². The molecule has 6 nitrogen and oxygen atoms in total. The number of benzene rings is 3. The molecular formula is C28H25N3O3. The number of imide groups is 1. The van der Waals surface area contributed by atoms with Gasteiger partial charge in [0.1, 0.15) is 5.54 Å². The molecule has 0 saturated carbocycles. The third-order valence-electron chi connectivity index (χ3n) is 8.45. The number of hydrogen-bond acceptors (Lipinski definition) is 4. The smallest absolute Gasteiger partial charge is 0.253 e. The van der Waals surface area contributed by atoms with Crippen molar-refractivity contribution in [1.29, 1.82) is 0 Å². The summed E-state index contributed by atoms with van der Waals surface area (Å²) in [5, 5.41) is 2.04. The van der Waals surface area contributed by atoms with Crippen LogP contribution in [0.5, 0.6) is 0 Å². The van der Waals surface area contributed by atoms with Gasteiger partial charge in [-0.2, -0.15) is 0 Å². The second kappa shape index (κ2) is 6.76. The van der Waals surface area contributed by atoms with E-state index in [-0.39, 0.29) is 23.8 Å². The highest BCUT2D eigenvalue weighted by Gasteiger charge is 2.75. The third kappa shape index (κ3) is 2.18. The zero-order valence-corrected chi connectivity index (χ0v) is 19.0. The molecule has 7 rings (SSSR count). The number of para-hydroxylation sites is 1. The van der Waals surface area contributed by atoms with Gasteiger partial charge in [-0.25, -0.2) is 4.90 Å². The summed E-state index contributed by atoms with van der Waals surface area (Å²) < 4.78 is 0. The number of fused-ring (bicyclic) bond motifs is 8. The molecule has 34 heavy (non-hydrogen) atoms. The van der Waals surface area contributed by atoms with Crippen molar-refractivity contribution in [3.05, 3.63) is 72.3 Å². The van der Waals surface area contributed by atoms with Gasteiger partial charge in [-0.15, -0.1) is 0 Å². The minimum Gasteiger partial charge on any atom is -0.310 e. The molecule has 4 aliphatic heterocycles. The molecule has 0 bridgehead atoms. The summed E-state index contributed by atoms with van der Waals surface area (Å²) in [7, 11) is 0. The van der Waals surface area contributed by atoms with Crippen molar-refractivity contribution < 1.29 is 14.4 Å². The number of amides is 3. The zero-order chi connectivity index (χ0) is 23.2. The Labute approximate surface area is 197 Å². The van der Waals surface area contributed by atoms with Crippen LogP contribution in [0.15, 0.2) is 66.7 Å². The summed E-state index contributed by atoms with van der Waals surface area (Å²) in [6, 6.07) is 21.4. The van der Waals surface area contributed by atoms with Gasteiger partial charge in [-0.3, -0.25) is 19.3 Å². The first-order chi connectivity index (χ1) is 16.6. The molecule has 4 aliphatic rings. The third-order valence-corrected chi connectivity index (χ3v) is 8.45. The van der Waals surface area contributed by atoms with E-state index in [1.54, 1.807) is 4.90 Å². The van der Waals surface area contributed by atoms with Crippen molar-refractivity contribution in [3.8, 4) is 0 Å². The standard InChI is InChI=1S/C28H25N3O3/c1-2-29-21-11-6-5-10-20(21)28(27(29)34)24-23(22-12-7-15-30(22)28)25(32)31(26(24)33)19-14-13-17-8-3-4-9-18(17)16-19/h3-6,8-11,13-14,16,22-24H,2,7,12,15H2,1H3/t22-,23-,24-,28-/m1/s1. The van der Waals surface area contributed by atoms with Crippen LogP contribution < -0.4 is 9.80 Å². The number of hydrogen-bond donors (Lipinski definition) is 0. The second-order valence-electron chi connectivity index (χ2n) is 9.78. The average molecular weight is 452 g/mol. The Hall–Kier alpha value is -3.51. The molecule has 3 amide bonds. The molecule has 3 aromatic rings. The van der Waals surface area contributed by atoms with E-state index in [1.165, 1.54) is 4.90 Å². The van der Waals surface area contributed by atoms with Crippen LogP contribution in [0.2, 0.25) is 0 Å². The first-order valence-corrected chi connectivity index (χ1v) is 12.1. The highest BCUT2D eigenvalue weighted by molar-refractivity contribution is 6.26. The largest absolute Gasteiger partial charge is 0.310 e. The summed E-state index contributed by atoms with van der Waals surface area (Å²) in [5.74, 6) is -1.69. The summed E-state index contributed by atoms with van der Waals surface area (Å²) in [4.78, 5) is 47.7. The molecule has 0 unspecified atom stereocenters. The van der Waals surface area contributed by atoms with Gasteiger partial charge in [0.2, 0.25) is 11.8 Å². The Morgan fingerprint density at radius 3 is 2.50 bits per heavy atom. The predicted octanol–water partition coefficient (Wildman–Crippen LogP) is 3.69. The number of rotatable bonds is 2. The molecule has 1 spiro atoms. The van der Waals surface area contributed by atoms with Gasteiger partial charge in [-0.1, -0.05) is 48.5 Å². The first-order valence-electron chi connectivity index (χ1n) is 12.1. The highest BCUT2D eigenvalue weighted by Crippen LogP contribution is 2.61. The zero-order valence-electron chi connectivity index (χ0n) is 19.0. The van der Waals surface area contributed by atoms with Gasteiger partial charge >= 0.3 is 0 Å². The van der Waals surface area contributed by atoms with Crippen molar-refractivity contribution in [2.24, 2.45) is 11.8 Å². The van der Waals surface area contributed by atoms with Crippen LogP contribution in [-0.4, -0.2) is 41.8 Å². The van der Waals surface area contributed by atoms with Crippen LogP contribution >= 0.6 is 0 Å². The summed E-state index contributed by atoms with van der Waals surface area (Å²) in [6.07, 6.45) is 1.75. The van der Waals surface area contributed by atoms with Gasteiger partial charge in [0, 0.05) is 23.8 Å². The van der Waals surface area contributed by atoms with E-state index >= 15 is 0 Å². The Morgan fingerprint density at radius 2 is 1.68 bits per heavy atom. The minimum atomic E-state index is -1.10. The predicted molar refractivity (Wildman–Crippen MR) is 129 cm³/mol. The van der Waals surface area contributed by atoms with E-state index in [9.17, 15) is 14.4 Å². The molecule has 0 radical (unpaired) electrons. The average Bonchev–Trinajstić information content (AvgIpc) is 3.56. The molecular weight excluding hydrogens is 426 g/mol. The molecule has 3 fully saturated rings. The number of carbonyl (C=O) groups is 3. The van der Waals surface area contributed by atoms with E-state index in [0.717, 1.165) is 41.4 Å². The maximum atomic E-state index is 14.2. The van der Waals surface area contributed by atoms with Crippen molar-refractivity contribution in [2.75, 3.05) is 22.9 Å². The lowest BCUT2D eigenvalue weighted by Crippen LogP contribution is -2.56. The lowest BCUT2D eigenvalue weighted by molar-refractivity contribution is -0.137. The lowest BCUT2D eigenvalue weighted by Gasteiger charge is -2.37. The van der Waals surface area contributed by atoms with E-state index < -0.39 is 17.4 Å². The molecule has 170 valence electrons. The van der Waals surface area contributed by atoms with Crippen molar-refractivity contribution in [2.45, 2.75) is 31.3 Å². The summed E-state index contributed by atoms with van der Waals surface area (Å²) in [5.41, 5.74) is 1.24. The SMILES string of the molecule is CCN1C(=O)[C@@]2(c3ccccc31)[C@H]1C(=O)N(c3ccc4ccccc4c3)C(=O)[C@@H]1[C@H]1CCCN12. The molecule has 0 aliphatic carbocycles. The van der Waals surface area contributed by atoms with Gasteiger partial charge < -0.3 is 4.90 Å². The monoisotopic (exact) mass is 451 g/mol. The number of likely N-dealkylation sites (N-methyl/N-ethyl adjacent to an activating group) is 1. The van der Waals surface area contributed by atoms with Crippen LogP contribution in [0.25, 0.3) is 10.8 Å². The Morgan fingerprint density at radius 1 is 0.912 bits per heavy atom.